The van der Waals surface area contributed by atoms with E-state index in [4.69, 9.17) is 0 Å². The van der Waals surface area contributed by atoms with Gasteiger partial charge in [0.2, 0.25) is 5.95 Å². The molecule has 0 saturated carbocycles. The maximum atomic E-state index is 12.9. The van der Waals surface area contributed by atoms with E-state index in [1.165, 1.54) is 29.0 Å². The number of hydrogen-bond donors (Lipinski definition) is 1. The van der Waals surface area contributed by atoms with E-state index in [0.29, 0.717) is 23.9 Å². The zero-order valence-corrected chi connectivity index (χ0v) is 18.0. The van der Waals surface area contributed by atoms with Crippen LogP contribution in [-0.2, 0) is 6.54 Å². The molecule has 0 aliphatic rings. The summed E-state index contributed by atoms with van der Waals surface area (Å²) in [5.41, 5.74) is 2.41. The van der Waals surface area contributed by atoms with Crippen molar-refractivity contribution < 1.29 is 9.72 Å². The summed E-state index contributed by atoms with van der Waals surface area (Å²) in [4.78, 5) is 29.0. The fourth-order valence-corrected chi connectivity index (χ4v) is 3.61. The summed E-state index contributed by atoms with van der Waals surface area (Å²) in [5, 5.41) is 20.5. The first kappa shape index (κ1) is 21.1. The van der Waals surface area contributed by atoms with Crippen molar-refractivity contribution in [1.82, 2.24) is 14.8 Å². The van der Waals surface area contributed by atoms with E-state index in [-0.39, 0.29) is 5.69 Å². The molecule has 0 bridgehead atoms. The van der Waals surface area contributed by atoms with Crippen molar-refractivity contribution in [3.05, 3.63) is 98.2 Å². The maximum Gasteiger partial charge on any atom is 0.274 e. The van der Waals surface area contributed by atoms with Crippen molar-refractivity contribution in [3.63, 3.8) is 0 Å². The molecule has 0 spiro atoms. The Hall–Kier alpha value is -4.11. The van der Waals surface area contributed by atoms with Crippen molar-refractivity contribution in [2.45, 2.75) is 13.5 Å². The Bertz CT molecular complexity index is 1280. The van der Waals surface area contributed by atoms with E-state index in [0.717, 1.165) is 16.0 Å². The number of hydrogen-bond acceptors (Lipinski definition) is 7. The highest BCUT2D eigenvalue weighted by Crippen LogP contribution is 2.20. The normalized spacial score (nSPS) is 11.0. The van der Waals surface area contributed by atoms with Gasteiger partial charge in [0.25, 0.3) is 11.6 Å². The van der Waals surface area contributed by atoms with Crippen molar-refractivity contribution in [3.8, 4) is 11.4 Å². The average molecular weight is 446 g/mol. The maximum absolute atomic E-state index is 12.9. The van der Waals surface area contributed by atoms with Crippen LogP contribution in [0.3, 0.4) is 0 Å². The minimum Gasteiger partial charge on any atom is -0.349 e. The van der Waals surface area contributed by atoms with Crippen LogP contribution >= 0.6 is 11.3 Å². The van der Waals surface area contributed by atoms with Crippen LogP contribution in [0.4, 0.5) is 11.6 Å². The minimum absolute atomic E-state index is 0.0414. The number of carbonyl (C=O) groups is 1. The Morgan fingerprint density at radius 1 is 1.19 bits per heavy atom. The highest BCUT2D eigenvalue weighted by Gasteiger charge is 2.16. The van der Waals surface area contributed by atoms with Gasteiger partial charge in [-0.1, -0.05) is 48.0 Å². The Morgan fingerprint density at radius 3 is 2.72 bits per heavy atom. The molecule has 0 atom stereocenters. The van der Waals surface area contributed by atoms with Crippen molar-refractivity contribution in [2.75, 3.05) is 5.32 Å². The number of thiophene rings is 1. The Morgan fingerprint density at radius 2 is 2.00 bits per heavy atom. The smallest absolute Gasteiger partial charge is 0.274 e. The third-order valence-corrected chi connectivity index (χ3v) is 5.50. The van der Waals surface area contributed by atoms with Crippen LogP contribution in [0.1, 0.15) is 20.8 Å². The summed E-state index contributed by atoms with van der Waals surface area (Å²) >= 11 is 1.60. The molecule has 4 rings (SSSR count). The Kier molecular flexibility index (Phi) is 6.18. The van der Waals surface area contributed by atoms with Crippen LogP contribution in [0.5, 0.6) is 0 Å². The topological polar surface area (TPSA) is 103 Å². The number of aryl methyl sites for hydroxylation is 1. The lowest BCUT2D eigenvalue weighted by molar-refractivity contribution is -0.384. The third-order valence-electron chi connectivity index (χ3n) is 4.63. The van der Waals surface area contributed by atoms with Gasteiger partial charge in [0.15, 0.2) is 5.82 Å². The second-order valence-corrected chi connectivity index (χ2v) is 8.03. The summed E-state index contributed by atoms with van der Waals surface area (Å²) in [7, 11) is 0. The number of anilines is 1. The Balaban J connectivity index is 1.62. The molecule has 0 aliphatic heterocycles. The molecule has 160 valence electrons. The molecular weight excluding hydrogens is 426 g/mol. The lowest BCUT2D eigenvalue weighted by Crippen LogP contribution is -2.14. The van der Waals surface area contributed by atoms with Gasteiger partial charge in [-0.25, -0.2) is 0 Å². The molecule has 0 amide bonds. The molecule has 2 aromatic carbocycles. The highest BCUT2D eigenvalue weighted by atomic mass is 32.1. The average Bonchev–Trinajstić information content (AvgIpc) is 3.47. The van der Waals surface area contributed by atoms with E-state index in [1.807, 2.05) is 48.7 Å². The fourth-order valence-electron chi connectivity index (χ4n) is 2.96. The summed E-state index contributed by atoms with van der Waals surface area (Å²) in [5.74, 6) is 0.328. The molecular formula is C23H19N5O3S. The molecule has 2 aromatic heterocycles. The first-order valence-electron chi connectivity index (χ1n) is 9.77. The second-order valence-electron chi connectivity index (χ2n) is 6.99. The van der Waals surface area contributed by atoms with Crippen LogP contribution in [0.15, 0.2) is 72.1 Å². The number of rotatable bonds is 7. The predicted molar refractivity (Wildman–Crippen MR) is 125 cm³/mol. The monoisotopic (exact) mass is 445 g/mol. The zero-order valence-electron chi connectivity index (χ0n) is 17.1. The minimum atomic E-state index is -0.475. The van der Waals surface area contributed by atoms with Crippen molar-refractivity contribution in [1.29, 1.82) is 0 Å². The first-order chi connectivity index (χ1) is 15.5. The van der Waals surface area contributed by atoms with Crippen LogP contribution in [0.2, 0.25) is 0 Å². The number of non-ortho nitro benzene ring substituents is 1. The molecule has 9 heteroatoms. The molecule has 8 nitrogen and oxygen atoms in total. The molecule has 0 radical (unpaired) electrons. The van der Waals surface area contributed by atoms with E-state index < -0.39 is 10.8 Å². The summed E-state index contributed by atoms with van der Waals surface area (Å²) in [6.45, 7) is 2.50. The quantitative estimate of drug-likeness (QED) is 0.239. The van der Waals surface area contributed by atoms with Gasteiger partial charge in [0.1, 0.15) is 0 Å². The number of nitrogens with one attached hydrogen (secondary N) is 1. The zero-order chi connectivity index (χ0) is 22.5. The number of carbonyl (C=O) groups excluding carboxylic acids is 1. The van der Waals surface area contributed by atoms with Gasteiger partial charge in [0, 0.05) is 28.6 Å². The molecule has 0 aliphatic carbocycles. The number of nitro benzene ring substituents is 1. The molecule has 2 heterocycles. The largest absolute Gasteiger partial charge is 0.349 e. The van der Waals surface area contributed by atoms with E-state index >= 15 is 0 Å². The van der Waals surface area contributed by atoms with Gasteiger partial charge >= 0.3 is 0 Å². The van der Waals surface area contributed by atoms with Gasteiger partial charge in [-0.05, 0) is 30.0 Å². The van der Waals surface area contributed by atoms with E-state index in [1.54, 1.807) is 23.5 Å². The van der Waals surface area contributed by atoms with Gasteiger partial charge in [0.05, 0.1) is 11.5 Å². The number of benzene rings is 2. The van der Waals surface area contributed by atoms with Gasteiger partial charge < -0.3 is 5.32 Å². The standard InChI is InChI=1S/C23H19N5O3S/c1-16-7-10-18(11-8-16)22-25-23(24-15-20-6-3-13-32-20)27(26-22)21(29)12-9-17-4-2-5-19(14-17)28(30)31/h2-14H,15H2,1H3,(H,24,25,26). The van der Waals surface area contributed by atoms with Crippen molar-refractivity contribution in [2.24, 2.45) is 0 Å². The van der Waals surface area contributed by atoms with Crippen molar-refractivity contribution >= 4 is 35.0 Å². The van der Waals surface area contributed by atoms with Crippen LogP contribution in [0.25, 0.3) is 17.5 Å². The molecule has 1 N–H and O–H groups in total. The fraction of sp³-hybridized carbons (Fsp3) is 0.0870. The number of allylic oxidation sites excluding steroid dienone is 1. The lowest BCUT2D eigenvalue weighted by atomic mass is 10.1. The van der Waals surface area contributed by atoms with Gasteiger partial charge in [-0.3, -0.25) is 14.9 Å². The molecule has 4 aromatic rings. The van der Waals surface area contributed by atoms with E-state index in [9.17, 15) is 14.9 Å². The summed E-state index contributed by atoms with van der Waals surface area (Å²) in [6, 6.07) is 17.7. The van der Waals surface area contributed by atoms with Crippen LogP contribution in [0, 0.1) is 17.0 Å². The number of aromatic nitrogens is 3. The molecule has 0 fully saturated rings. The predicted octanol–water partition coefficient (Wildman–Crippen LogP) is 5.19. The molecule has 0 saturated heterocycles. The first-order valence-corrected chi connectivity index (χ1v) is 10.6. The highest BCUT2D eigenvalue weighted by molar-refractivity contribution is 7.09. The summed E-state index contributed by atoms with van der Waals surface area (Å²) in [6.07, 6.45) is 2.84. The van der Waals surface area contributed by atoms with Gasteiger partial charge in [-0.2, -0.15) is 9.67 Å². The SMILES string of the molecule is Cc1ccc(-c2nc(NCc3cccs3)n(C(=O)C=Cc3cccc([N+](=O)[O-])c3)n2)cc1. The lowest BCUT2D eigenvalue weighted by Gasteiger charge is -2.04. The number of nitrogens with zero attached hydrogens (tertiary/aromatic N) is 4. The molecule has 0 unspecified atom stereocenters. The number of nitro groups is 1. The third kappa shape index (κ3) is 4.96. The van der Waals surface area contributed by atoms with Crippen LogP contribution in [-0.4, -0.2) is 25.6 Å². The second kappa shape index (κ2) is 9.36. The Labute approximate surface area is 188 Å². The van der Waals surface area contributed by atoms with Crippen LogP contribution < -0.4 is 5.32 Å². The molecule has 32 heavy (non-hydrogen) atoms. The summed E-state index contributed by atoms with van der Waals surface area (Å²) < 4.78 is 1.21. The van der Waals surface area contributed by atoms with E-state index in [2.05, 4.69) is 15.4 Å². The van der Waals surface area contributed by atoms with Gasteiger partial charge in [-0.15, -0.1) is 16.4 Å².